The lowest BCUT2D eigenvalue weighted by Crippen LogP contribution is -2.19. The molecule has 1 aromatic carbocycles. The van der Waals surface area contributed by atoms with Crippen LogP contribution < -0.4 is 15.2 Å². The monoisotopic (exact) mass is 243 g/mol. The third-order valence-electron chi connectivity index (χ3n) is 2.91. The first-order valence-electron chi connectivity index (χ1n) is 4.96. The molecule has 2 rings (SSSR count). The van der Waals surface area contributed by atoms with E-state index in [1.165, 1.54) is 14.2 Å². The zero-order valence-corrected chi connectivity index (χ0v) is 9.97. The molecule has 1 aliphatic rings. The summed E-state index contributed by atoms with van der Waals surface area (Å²) >= 11 is 6.01. The maximum atomic E-state index is 9.96. The van der Waals surface area contributed by atoms with Gasteiger partial charge in [-0.2, -0.15) is 0 Å². The highest BCUT2D eigenvalue weighted by Crippen LogP contribution is 2.52. The first-order valence-corrected chi connectivity index (χ1v) is 5.34. The quantitative estimate of drug-likeness (QED) is 0.853. The molecule has 0 atom stereocenters. The van der Waals surface area contributed by atoms with E-state index in [-0.39, 0.29) is 10.8 Å². The summed E-state index contributed by atoms with van der Waals surface area (Å²) in [6.07, 6.45) is 1.68. The van der Waals surface area contributed by atoms with Crippen molar-refractivity contribution in [1.29, 1.82) is 0 Å². The van der Waals surface area contributed by atoms with Gasteiger partial charge < -0.3 is 20.3 Å². The fraction of sp³-hybridized carbons (Fsp3) is 0.455. The van der Waals surface area contributed by atoms with Gasteiger partial charge in [-0.3, -0.25) is 0 Å². The summed E-state index contributed by atoms with van der Waals surface area (Å²) in [5.74, 6) is 0.797. The molecule has 0 amide bonds. The Labute approximate surface area is 98.9 Å². The lowest BCUT2D eigenvalue weighted by atomic mass is 10.0. The number of ether oxygens (including phenoxy) is 2. The maximum Gasteiger partial charge on any atom is 0.183 e. The van der Waals surface area contributed by atoms with Crippen molar-refractivity contribution in [2.24, 2.45) is 5.73 Å². The molecule has 0 unspecified atom stereocenters. The molecule has 5 heteroatoms. The van der Waals surface area contributed by atoms with Gasteiger partial charge in [0.05, 0.1) is 14.2 Å². The molecule has 16 heavy (non-hydrogen) atoms. The Morgan fingerprint density at radius 3 is 2.44 bits per heavy atom. The Morgan fingerprint density at radius 2 is 2.00 bits per heavy atom. The van der Waals surface area contributed by atoms with Gasteiger partial charge in [0.15, 0.2) is 11.5 Å². The van der Waals surface area contributed by atoms with Gasteiger partial charge in [0.25, 0.3) is 0 Å². The predicted octanol–water partition coefficient (Wildman–Crippen LogP) is 2.01. The lowest BCUT2D eigenvalue weighted by Gasteiger charge is -2.17. The summed E-state index contributed by atoms with van der Waals surface area (Å²) in [4.78, 5) is 0. The fourth-order valence-corrected chi connectivity index (χ4v) is 2.00. The third-order valence-corrected chi connectivity index (χ3v) is 3.26. The average Bonchev–Trinajstić information content (AvgIpc) is 3.01. The van der Waals surface area contributed by atoms with Crippen molar-refractivity contribution in [3.8, 4) is 17.2 Å². The van der Waals surface area contributed by atoms with Crippen LogP contribution in [0.1, 0.15) is 18.4 Å². The normalized spacial score (nSPS) is 17.0. The summed E-state index contributed by atoms with van der Waals surface area (Å²) in [5.41, 5.74) is 6.19. The number of nitrogens with two attached hydrogens (primary N) is 1. The number of phenolic OH excluding ortho intramolecular Hbond substituents is 1. The minimum Gasteiger partial charge on any atom is -0.506 e. The lowest BCUT2D eigenvalue weighted by molar-refractivity contribution is 0.349. The van der Waals surface area contributed by atoms with Gasteiger partial charge in [0.1, 0.15) is 10.8 Å². The van der Waals surface area contributed by atoms with Crippen molar-refractivity contribution in [1.82, 2.24) is 0 Å². The molecular formula is C11H14ClNO3. The van der Waals surface area contributed by atoms with E-state index in [1.807, 2.05) is 0 Å². The average molecular weight is 244 g/mol. The van der Waals surface area contributed by atoms with E-state index in [1.54, 1.807) is 6.07 Å². The van der Waals surface area contributed by atoms with Gasteiger partial charge in [-0.25, -0.2) is 0 Å². The molecule has 1 saturated carbocycles. The minimum atomic E-state index is -0.465. The number of phenols is 1. The highest BCUT2D eigenvalue weighted by Gasteiger charge is 2.43. The largest absolute Gasteiger partial charge is 0.506 e. The van der Waals surface area contributed by atoms with Crippen molar-refractivity contribution < 1.29 is 14.6 Å². The highest BCUT2D eigenvalue weighted by atomic mass is 35.5. The van der Waals surface area contributed by atoms with Crippen LogP contribution in [0, 0.1) is 0 Å². The molecule has 0 radical (unpaired) electrons. The molecule has 1 fully saturated rings. The zero-order valence-electron chi connectivity index (χ0n) is 9.21. The fourth-order valence-electron chi connectivity index (χ4n) is 1.72. The number of hydrogen-bond acceptors (Lipinski definition) is 4. The SMILES string of the molecule is COc1cc(C2(N)CC2)c(O)c(Cl)c1OC. The van der Waals surface area contributed by atoms with E-state index in [4.69, 9.17) is 26.8 Å². The first kappa shape index (κ1) is 11.4. The van der Waals surface area contributed by atoms with Crippen molar-refractivity contribution in [3.63, 3.8) is 0 Å². The number of halogens is 1. The van der Waals surface area contributed by atoms with Crippen molar-refractivity contribution in [2.75, 3.05) is 14.2 Å². The Hall–Kier alpha value is -1.13. The molecule has 1 aromatic rings. The van der Waals surface area contributed by atoms with Crippen LogP contribution in [0.3, 0.4) is 0 Å². The van der Waals surface area contributed by atoms with Crippen LogP contribution in [0.4, 0.5) is 0 Å². The van der Waals surface area contributed by atoms with Gasteiger partial charge >= 0.3 is 0 Å². The number of hydrogen-bond donors (Lipinski definition) is 2. The Balaban J connectivity index is 2.60. The summed E-state index contributed by atoms with van der Waals surface area (Å²) < 4.78 is 10.2. The molecule has 0 aliphatic heterocycles. The third kappa shape index (κ3) is 1.58. The van der Waals surface area contributed by atoms with E-state index >= 15 is 0 Å². The zero-order chi connectivity index (χ0) is 11.9. The van der Waals surface area contributed by atoms with Crippen LogP contribution in [0.2, 0.25) is 5.02 Å². The van der Waals surface area contributed by atoms with Gasteiger partial charge in [-0.15, -0.1) is 0 Å². The number of rotatable bonds is 3. The second kappa shape index (κ2) is 3.71. The Morgan fingerprint density at radius 1 is 1.38 bits per heavy atom. The van der Waals surface area contributed by atoms with E-state index in [9.17, 15) is 5.11 Å². The van der Waals surface area contributed by atoms with Crippen molar-refractivity contribution in [3.05, 3.63) is 16.7 Å². The molecule has 1 aliphatic carbocycles. The number of benzene rings is 1. The van der Waals surface area contributed by atoms with Gasteiger partial charge in [-0.1, -0.05) is 11.6 Å². The molecule has 88 valence electrons. The molecule has 0 bridgehead atoms. The summed E-state index contributed by atoms with van der Waals surface area (Å²) in [6, 6.07) is 1.69. The van der Waals surface area contributed by atoms with Crippen LogP contribution in [-0.4, -0.2) is 19.3 Å². The maximum absolute atomic E-state index is 9.96. The van der Waals surface area contributed by atoms with Crippen molar-refractivity contribution in [2.45, 2.75) is 18.4 Å². The van der Waals surface area contributed by atoms with Crippen LogP contribution >= 0.6 is 11.6 Å². The van der Waals surface area contributed by atoms with Gasteiger partial charge in [0, 0.05) is 11.1 Å². The molecule has 3 N–H and O–H groups in total. The van der Waals surface area contributed by atoms with Crippen LogP contribution in [0.25, 0.3) is 0 Å². The number of methoxy groups -OCH3 is 2. The van der Waals surface area contributed by atoms with Gasteiger partial charge in [-0.05, 0) is 18.9 Å². The molecule has 0 spiro atoms. The minimum absolute atomic E-state index is 0.0145. The predicted molar refractivity (Wildman–Crippen MR) is 61.3 cm³/mol. The molecule has 0 aromatic heterocycles. The molecule has 0 saturated heterocycles. The van der Waals surface area contributed by atoms with Gasteiger partial charge in [0.2, 0.25) is 0 Å². The Bertz CT molecular complexity index is 430. The topological polar surface area (TPSA) is 64.7 Å². The van der Waals surface area contributed by atoms with E-state index in [2.05, 4.69) is 0 Å². The summed E-state index contributed by atoms with van der Waals surface area (Å²) in [5, 5.41) is 10.1. The molecular weight excluding hydrogens is 230 g/mol. The standard InChI is InChI=1S/C11H14ClNO3/c1-15-7-5-6(11(13)3-4-11)9(14)8(12)10(7)16-2/h5,14H,3-4,13H2,1-2H3. The smallest absolute Gasteiger partial charge is 0.183 e. The first-order chi connectivity index (χ1) is 7.53. The summed E-state index contributed by atoms with van der Waals surface area (Å²) in [7, 11) is 2.99. The number of aromatic hydroxyl groups is 1. The van der Waals surface area contributed by atoms with Crippen LogP contribution in [-0.2, 0) is 5.54 Å². The molecule has 0 heterocycles. The van der Waals surface area contributed by atoms with E-state index in [0.29, 0.717) is 17.1 Å². The van der Waals surface area contributed by atoms with E-state index < -0.39 is 5.54 Å². The second-order valence-corrected chi connectivity index (χ2v) is 4.36. The highest BCUT2D eigenvalue weighted by molar-refractivity contribution is 6.34. The second-order valence-electron chi connectivity index (χ2n) is 3.98. The summed E-state index contributed by atoms with van der Waals surface area (Å²) in [6.45, 7) is 0. The Kier molecular flexibility index (Phi) is 2.64. The van der Waals surface area contributed by atoms with Crippen LogP contribution in [0.15, 0.2) is 6.07 Å². The molecule has 4 nitrogen and oxygen atoms in total. The van der Waals surface area contributed by atoms with E-state index in [0.717, 1.165) is 12.8 Å². The van der Waals surface area contributed by atoms with Crippen LogP contribution in [0.5, 0.6) is 17.2 Å². The van der Waals surface area contributed by atoms with Crippen molar-refractivity contribution >= 4 is 11.6 Å².